The van der Waals surface area contributed by atoms with Crippen LogP contribution in [0.4, 0.5) is 0 Å². The number of fused-ring (bicyclic) bond motifs is 1. The van der Waals surface area contributed by atoms with E-state index in [9.17, 15) is 9.90 Å². The molecule has 1 unspecified atom stereocenters. The SMILES string of the molecule is [B]C([B])(O)NC([B])(C)C(=O)c1ccc2c(c1)OC([B])([B])O2. The van der Waals surface area contributed by atoms with E-state index in [-0.39, 0.29) is 17.1 Å². The number of aliphatic hydroxyl groups is 1. The fraction of sp³-hybridized carbons (Fsp3) is 0.364. The summed E-state index contributed by atoms with van der Waals surface area (Å²) in [5.74, 6) is -0.107. The molecule has 96 valence electrons. The third-order valence-corrected chi connectivity index (χ3v) is 2.68. The van der Waals surface area contributed by atoms with Crippen LogP contribution in [0.25, 0.3) is 0 Å². The Kier molecular flexibility index (Phi) is 3.75. The van der Waals surface area contributed by atoms with E-state index >= 15 is 0 Å². The average Bonchev–Trinajstić information content (AvgIpc) is 2.57. The number of ether oxygens (including phenoxy) is 2. The van der Waals surface area contributed by atoms with E-state index in [0.717, 1.165) is 0 Å². The monoisotopic (exact) mass is 273 g/mol. The van der Waals surface area contributed by atoms with Crippen LogP contribution in [0.2, 0.25) is 0 Å². The van der Waals surface area contributed by atoms with Crippen molar-refractivity contribution in [2.45, 2.75) is 23.5 Å². The fourth-order valence-corrected chi connectivity index (χ4v) is 1.95. The molecule has 0 spiro atoms. The van der Waals surface area contributed by atoms with Gasteiger partial charge in [-0.05, 0) is 25.1 Å². The third-order valence-electron chi connectivity index (χ3n) is 2.68. The summed E-state index contributed by atoms with van der Waals surface area (Å²) in [5, 5.41) is 11.5. The van der Waals surface area contributed by atoms with Crippen molar-refractivity contribution in [1.29, 1.82) is 0 Å². The zero-order valence-electron chi connectivity index (χ0n) is 11.3. The fourth-order valence-electron chi connectivity index (χ4n) is 1.95. The molecule has 21 heavy (non-hydrogen) atoms. The first-order valence-corrected chi connectivity index (χ1v) is 5.93. The highest BCUT2D eigenvalue weighted by atomic mass is 16.7. The van der Waals surface area contributed by atoms with E-state index in [2.05, 4.69) is 5.32 Å². The number of ketones is 1. The smallest absolute Gasteiger partial charge is 0.175 e. The lowest BCUT2D eigenvalue weighted by Crippen LogP contribution is -2.61. The number of carbonyl (C=O) groups is 1. The maximum Gasteiger partial charge on any atom is 0.175 e. The maximum atomic E-state index is 12.3. The van der Waals surface area contributed by atoms with Crippen molar-refractivity contribution in [3.63, 3.8) is 0 Å². The third kappa shape index (κ3) is 3.68. The van der Waals surface area contributed by atoms with Gasteiger partial charge in [0.1, 0.15) is 23.5 Å². The molecule has 2 N–H and O–H groups in total. The number of carbonyl (C=O) groups excluding carboxylic acids is 1. The predicted molar refractivity (Wildman–Crippen MR) is 80.0 cm³/mol. The van der Waals surface area contributed by atoms with Gasteiger partial charge in [-0.25, -0.2) is 0 Å². The van der Waals surface area contributed by atoms with Crippen molar-refractivity contribution < 1.29 is 19.4 Å². The summed E-state index contributed by atoms with van der Waals surface area (Å²) in [5.41, 5.74) is -5.65. The summed E-state index contributed by atoms with van der Waals surface area (Å²) in [6.07, 6.45) is 0. The number of benzene rings is 1. The van der Waals surface area contributed by atoms with Gasteiger partial charge in [-0.3, -0.25) is 4.79 Å². The second-order valence-electron chi connectivity index (χ2n) is 5.07. The largest absolute Gasteiger partial charge is 0.468 e. The quantitative estimate of drug-likeness (QED) is 0.377. The van der Waals surface area contributed by atoms with E-state index in [0.29, 0.717) is 0 Å². The lowest BCUT2D eigenvalue weighted by molar-refractivity contribution is 0.0824. The first kappa shape index (κ1) is 16.1. The van der Waals surface area contributed by atoms with Gasteiger partial charge in [-0.2, -0.15) is 0 Å². The van der Waals surface area contributed by atoms with Gasteiger partial charge in [0.2, 0.25) is 0 Å². The van der Waals surface area contributed by atoms with E-state index < -0.39 is 22.3 Å². The second-order valence-corrected chi connectivity index (χ2v) is 5.07. The van der Waals surface area contributed by atoms with Gasteiger partial charge in [0.15, 0.2) is 38.6 Å². The molecule has 5 nitrogen and oxygen atoms in total. The Bertz CT molecular complexity index is 584. The van der Waals surface area contributed by atoms with Gasteiger partial charge in [0.05, 0.1) is 0 Å². The molecule has 0 fully saturated rings. The second kappa shape index (κ2) is 4.88. The first-order valence-electron chi connectivity index (χ1n) is 5.93. The zero-order valence-corrected chi connectivity index (χ0v) is 11.3. The van der Waals surface area contributed by atoms with E-state index in [1.54, 1.807) is 0 Å². The topological polar surface area (TPSA) is 67.8 Å². The number of hydrogen-bond acceptors (Lipinski definition) is 5. The van der Waals surface area contributed by atoms with Crippen LogP contribution in [-0.4, -0.2) is 66.7 Å². The van der Waals surface area contributed by atoms with Crippen molar-refractivity contribution >= 4 is 45.0 Å². The van der Waals surface area contributed by atoms with E-state index in [1.165, 1.54) is 25.1 Å². The molecule has 1 aromatic carbocycles. The number of nitrogens with one attached hydrogen (secondary N) is 1. The van der Waals surface area contributed by atoms with Crippen LogP contribution in [0.15, 0.2) is 18.2 Å². The summed E-state index contributed by atoms with van der Waals surface area (Å²) in [6.45, 7) is 1.31. The maximum absolute atomic E-state index is 12.3. The van der Waals surface area contributed by atoms with Gasteiger partial charge < -0.3 is 19.9 Å². The normalized spacial score (nSPS) is 19.0. The van der Waals surface area contributed by atoms with Crippen LogP contribution in [0.5, 0.6) is 11.5 Å². The molecule has 1 aromatic rings. The summed E-state index contributed by atoms with van der Waals surface area (Å²) < 4.78 is 10.2. The number of Topliss-reactive ketones (excluding diaryl/α,β-unsaturated/α-hetero) is 1. The van der Waals surface area contributed by atoms with Crippen LogP contribution in [0.1, 0.15) is 17.3 Å². The highest BCUT2D eigenvalue weighted by molar-refractivity contribution is 6.40. The molecule has 1 aliphatic heterocycles. The van der Waals surface area contributed by atoms with Gasteiger partial charge >= 0.3 is 0 Å². The lowest BCUT2D eigenvalue weighted by atomic mass is 9.66. The van der Waals surface area contributed by atoms with Crippen molar-refractivity contribution in [1.82, 2.24) is 5.32 Å². The molecule has 0 saturated carbocycles. The average molecular weight is 272 g/mol. The molecule has 0 aliphatic carbocycles. The molecular formula is C11H8B5NO4. The molecule has 0 saturated heterocycles. The summed E-state index contributed by atoms with van der Waals surface area (Å²) in [6, 6.07) is 4.25. The Labute approximate surface area is 129 Å². The molecule has 0 aromatic heterocycles. The Morgan fingerprint density at radius 2 is 1.81 bits per heavy atom. The Balaban J connectivity index is 2.26. The zero-order chi connectivity index (χ0) is 16.1. The Morgan fingerprint density at radius 3 is 2.38 bits per heavy atom. The van der Waals surface area contributed by atoms with Crippen LogP contribution >= 0.6 is 0 Å². The summed E-state index contributed by atoms with van der Waals surface area (Å²) in [4.78, 5) is 12.3. The summed E-state index contributed by atoms with van der Waals surface area (Å²) in [7, 11) is 27.1. The molecule has 0 bridgehead atoms. The Hall–Kier alpha value is -1.27. The molecule has 1 atom stereocenters. The molecule has 1 aliphatic rings. The van der Waals surface area contributed by atoms with Crippen molar-refractivity contribution in [2.24, 2.45) is 0 Å². The lowest BCUT2D eigenvalue weighted by Gasteiger charge is -2.34. The van der Waals surface area contributed by atoms with E-state index in [1.807, 2.05) is 0 Å². The standard InChI is InChI=1S/C11H8B5NO4/c1-9(12,17-10(13,14)19)8(18)5-2-3-6-7(4-5)21-11(15,16)20-6/h2-4,17,19H,1H3. The minimum atomic E-state index is -2.31. The van der Waals surface area contributed by atoms with Gasteiger partial charge in [0, 0.05) is 16.5 Å². The van der Waals surface area contributed by atoms with Crippen LogP contribution in [0.3, 0.4) is 0 Å². The molecular weight excluding hydrogens is 264 g/mol. The van der Waals surface area contributed by atoms with Gasteiger partial charge in [-0.15, -0.1) is 0 Å². The van der Waals surface area contributed by atoms with Crippen LogP contribution in [0, 0.1) is 0 Å². The molecule has 2 rings (SSSR count). The first-order chi connectivity index (χ1) is 9.40. The van der Waals surface area contributed by atoms with Crippen LogP contribution in [-0.2, 0) is 0 Å². The van der Waals surface area contributed by atoms with Crippen LogP contribution < -0.4 is 14.8 Å². The van der Waals surface area contributed by atoms with Crippen molar-refractivity contribution in [3.05, 3.63) is 23.8 Å². The van der Waals surface area contributed by atoms with Crippen molar-refractivity contribution in [2.75, 3.05) is 0 Å². The highest BCUT2D eigenvalue weighted by Gasteiger charge is 2.35. The number of hydrogen-bond donors (Lipinski definition) is 2. The van der Waals surface area contributed by atoms with Crippen molar-refractivity contribution in [3.8, 4) is 11.5 Å². The van der Waals surface area contributed by atoms with Gasteiger partial charge in [-0.1, -0.05) is 0 Å². The molecule has 1 heterocycles. The molecule has 10 radical (unpaired) electrons. The Morgan fingerprint density at radius 1 is 1.24 bits per heavy atom. The molecule has 10 heteroatoms. The highest BCUT2D eigenvalue weighted by Crippen LogP contribution is 2.38. The minimum Gasteiger partial charge on any atom is -0.468 e. The minimum absolute atomic E-state index is 0.164. The number of rotatable bonds is 4. The molecule has 0 amide bonds. The van der Waals surface area contributed by atoms with Gasteiger partial charge in [0.25, 0.3) is 0 Å². The van der Waals surface area contributed by atoms with E-state index in [4.69, 9.17) is 48.7 Å². The summed E-state index contributed by atoms with van der Waals surface area (Å²) >= 11 is 0. The predicted octanol–water partition coefficient (Wildman–Crippen LogP) is -2.00.